The molecule has 0 fully saturated rings. The zero-order chi connectivity index (χ0) is 30.4. The van der Waals surface area contributed by atoms with Crippen LogP contribution in [0.25, 0.3) is 11.3 Å². The average molecular weight is 704 g/mol. The minimum absolute atomic E-state index is 0. The van der Waals surface area contributed by atoms with Crippen molar-refractivity contribution in [2.75, 3.05) is 11.9 Å². The molecule has 205 valence electrons. The smallest absolute Gasteiger partial charge is 0.354 e. The van der Waals surface area contributed by atoms with E-state index in [1.54, 1.807) is 25.1 Å². The Hall–Kier alpha value is -3.54. The van der Waals surface area contributed by atoms with Crippen molar-refractivity contribution in [3.63, 3.8) is 0 Å². The van der Waals surface area contributed by atoms with E-state index in [1.807, 2.05) is 66.8 Å². The Morgan fingerprint density at radius 1 is 0.897 bits per heavy atom. The Morgan fingerprint density at radius 3 is 2.23 bits per heavy atom. The fourth-order valence-corrected chi connectivity index (χ4v) is 4.29. The van der Waals surface area contributed by atoms with Crippen LogP contribution >= 0.6 is 0 Å². The maximum atomic E-state index is 10.8. The summed E-state index contributed by atoms with van der Waals surface area (Å²) in [6, 6.07) is 12.3. The second kappa shape index (κ2) is 11.7. The number of benzene rings is 2. The minimum atomic E-state index is -2.36. The predicted molar refractivity (Wildman–Crippen MR) is 152 cm³/mol. The molecule has 0 saturated heterocycles. The van der Waals surface area contributed by atoms with Crippen LogP contribution in [0.5, 0.6) is 11.5 Å². The topological polar surface area (TPSA) is 75.5 Å². The third kappa shape index (κ3) is 5.61. The molecule has 1 aliphatic rings. The van der Waals surface area contributed by atoms with Crippen molar-refractivity contribution < 1.29 is 38.9 Å². The van der Waals surface area contributed by atoms with Gasteiger partial charge in [0.25, 0.3) is 0 Å². The van der Waals surface area contributed by atoms with Crippen LogP contribution in [0.4, 0.5) is 11.4 Å². The molecular formula is C32H34IrN3O3-. The van der Waals surface area contributed by atoms with Crippen LogP contribution in [0.15, 0.2) is 36.5 Å². The summed E-state index contributed by atoms with van der Waals surface area (Å²) in [4.78, 5) is 20.7. The number of fused-ring (bicyclic) bond motifs is 2. The summed E-state index contributed by atoms with van der Waals surface area (Å²) in [5.41, 5.74) is 10.4. The maximum absolute atomic E-state index is 10.8. The molecule has 0 aliphatic carbocycles. The van der Waals surface area contributed by atoms with Gasteiger partial charge in [-0.15, -0.1) is 18.2 Å². The van der Waals surface area contributed by atoms with Crippen LogP contribution in [0.1, 0.15) is 59.2 Å². The fourth-order valence-electron chi connectivity index (χ4n) is 4.29. The molecule has 39 heavy (non-hydrogen) atoms. The number of aromatic nitrogens is 2. The Balaban J connectivity index is 0.000000293. The molecule has 0 bridgehead atoms. The number of carboxylic acid groups (broad SMARTS) is 1. The molecule has 0 unspecified atom stereocenters. The third-order valence-electron chi connectivity index (χ3n) is 7.40. The molecule has 2 aromatic carbocycles. The molecule has 2 aromatic heterocycles. The van der Waals surface area contributed by atoms with E-state index < -0.39 is 12.9 Å². The van der Waals surface area contributed by atoms with E-state index in [9.17, 15) is 4.79 Å². The standard InChI is InChI=1S/C22H21N2O.C10H13NO2.Ir/c1-13-9-10-20-21(16(13)4)25-22-17(7-6-8-19(22)24(20)5)18-11-14(2)15(3)12-23-18;1-5-6(2)8(4)11-9(7(5)3)10(12)13;/h6,8-12H,1-5H3;1-4H3,(H,12,13);/q-1;;/i5D3;;. The van der Waals surface area contributed by atoms with E-state index in [0.29, 0.717) is 34.1 Å². The van der Waals surface area contributed by atoms with Crippen molar-refractivity contribution in [3.8, 4) is 22.8 Å². The molecule has 0 spiro atoms. The summed E-state index contributed by atoms with van der Waals surface area (Å²) in [6.07, 6.45) is 1.81. The SMILES string of the molecule is Cc1nc(C(=O)O)c(C)c(C)c1C.[2H]C([2H])([2H])N1c2cc[c-]c(-c3cc(C)c(C)cn3)c2Oc2c1ccc(C)c2C.[Ir]. The number of pyridine rings is 2. The van der Waals surface area contributed by atoms with Gasteiger partial charge in [-0.05, 0) is 101 Å². The van der Waals surface area contributed by atoms with E-state index in [2.05, 4.69) is 16.0 Å². The van der Waals surface area contributed by atoms with Gasteiger partial charge in [0.1, 0.15) is 5.75 Å². The van der Waals surface area contributed by atoms with E-state index in [0.717, 1.165) is 44.6 Å². The molecule has 6 nitrogen and oxygen atoms in total. The second-order valence-electron chi connectivity index (χ2n) is 9.74. The number of hydrogen-bond donors (Lipinski definition) is 1. The van der Waals surface area contributed by atoms with E-state index >= 15 is 0 Å². The number of aromatic carboxylic acids is 1. The normalized spacial score (nSPS) is 12.8. The minimum Gasteiger partial charge on any atom is -0.497 e. The summed E-state index contributed by atoms with van der Waals surface area (Å²) in [6.45, 7) is 13.1. The van der Waals surface area contributed by atoms with Crippen LogP contribution in [-0.2, 0) is 20.1 Å². The Bertz CT molecular complexity index is 1690. The fraction of sp³-hybridized carbons (Fsp3) is 0.281. The van der Waals surface area contributed by atoms with Crippen molar-refractivity contribution in [2.45, 2.75) is 55.4 Å². The summed E-state index contributed by atoms with van der Waals surface area (Å²) < 4.78 is 30.7. The van der Waals surface area contributed by atoms with Crippen LogP contribution in [0.2, 0.25) is 0 Å². The third-order valence-corrected chi connectivity index (χ3v) is 7.40. The number of carboxylic acids is 1. The van der Waals surface area contributed by atoms with E-state index in [-0.39, 0.29) is 25.8 Å². The van der Waals surface area contributed by atoms with E-state index in [4.69, 9.17) is 14.0 Å². The number of ether oxygens (including phenoxy) is 1. The molecule has 4 aromatic rings. The van der Waals surface area contributed by atoms with Crippen molar-refractivity contribution in [3.05, 3.63) is 92.9 Å². The number of carbonyl (C=O) groups is 1. The van der Waals surface area contributed by atoms with Gasteiger partial charge in [0.15, 0.2) is 5.69 Å². The number of rotatable bonds is 2. The first kappa shape index (κ1) is 25.7. The first-order valence-electron chi connectivity index (χ1n) is 13.9. The predicted octanol–water partition coefficient (Wildman–Crippen LogP) is 7.67. The Labute approximate surface area is 248 Å². The van der Waals surface area contributed by atoms with Gasteiger partial charge in [-0.2, -0.15) is 0 Å². The van der Waals surface area contributed by atoms with Crippen molar-refractivity contribution in [1.29, 1.82) is 0 Å². The Morgan fingerprint density at radius 2 is 1.59 bits per heavy atom. The van der Waals surface area contributed by atoms with Crippen molar-refractivity contribution >= 4 is 17.3 Å². The molecule has 1 radical (unpaired) electrons. The van der Waals surface area contributed by atoms with Crippen LogP contribution in [-0.4, -0.2) is 28.0 Å². The molecule has 0 amide bonds. The molecule has 1 aliphatic heterocycles. The van der Waals surface area contributed by atoms with E-state index in [1.165, 1.54) is 4.90 Å². The van der Waals surface area contributed by atoms with Gasteiger partial charge in [0.05, 0.1) is 11.4 Å². The summed E-state index contributed by atoms with van der Waals surface area (Å²) in [5.74, 6) is 0.0765. The van der Waals surface area contributed by atoms with Crippen LogP contribution < -0.4 is 9.64 Å². The monoisotopic (exact) mass is 704 g/mol. The number of hydrogen-bond acceptors (Lipinski definition) is 5. The number of aryl methyl sites for hydroxylation is 4. The quantitative estimate of drug-likeness (QED) is 0.216. The molecular weight excluding hydrogens is 667 g/mol. The van der Waals surface area contributed by atoms with Crippen molar-refractivity contribution in [1.82, 2.24) is 9.97 Å². The van der Waals surface area contributed by atoms with Gasteiger partial charge in [-0.1, -0.05) is 23.3 Å². The first-order valence-corrected chi connectivity index (χ1v) is 12.4. The molecule has 5 rings (SSSR count). The van der Waals surface area contributed by atoms with Gasteiger partial charge in [0.2, 0.25) is 0 Å². The summed E-state index contributed by atoms with van der Waals surface area (Å²) >= 11 is 0. The van der Waals surface area contributed by atoms with Crippen molar-refractivity contribution in [2.24, 2.45) is 0 Å². The van der Waals surface area contributed by atoms with Gasteiger partial charge in [-0.25, -0.2) is 9.78 Å². The second-order valence-corrected chi connectivity index (χ2v) is 9.74. The zero-order valence-electron chi connectivity index (χ0n) is 26.4. The Kier molecular flexibility index (Phi) is 7.71. The summed E-state index contributed by atoms with van der Waals surface area (Å²) in [5, 5.41) is 8.84. The zero-order valence-corrected chi connectivity index (χ0v) is 25.8. The molecule has 3 heterocycles. The summed E-state index contributed by atoms with van der Waals surface area (Å²) in [7, 11) is 0. The number of anilines is 2. The van der Waals surface area contributed by atoms with Gasteiger partial charge >= 0.3 is 5.97 Å². The van der Waals surface area contributed by atoms with Crippen LogP contribution in [0, 0.1) is 61.5 Å². The first-order chi connectivity index (χ1) is 19.1. The molecule has 0 saturated carbocycles. The number of nitrogens with zero attached hydrogens (tertiary/aromatic N) is 3. The average Bonchev–Trinajstić information content (AvgIpc) is 2.91. The maximum Gasteiger partial charge on any atom is 0.354 e. The van der Waals surface area contributed by atoms with Gasteiger partial charge in [0, 0.05) is 48.8 Å². The molecule has 0 atom stereocenters. The van der Waals surface area contributed by atoms with Crippen LogP contribution in [0.3, 0.4) is 0 Å². The largest absolute Gasteiger partial charge is 0.497 e. The molecule has 1 N–H and O–H groups in total. The van der Waals surface area contributed by atoms with Gasteiger partial charge in [-0.3, -0.25) is 0 Å². The van der Waals surface area contributed by atoms with Gasteiger partial charge < -0.3 is 19.7 Å². The molecule has 7 heteroatoms.